The van der Waals surface area contributed by atoms with Gasteiger partial charge in [0.15, 0.2) is 0 Å². The van der Waals surface area contributed by atoms with E-state index >= 15 is 0 Å². The van der Waals surface area contributed by atoms with Crippen LogP contribution in [0, 0.1) is 0 Å². The molecule has 5 heteroatoms. The third-order valence-corrected chi connectivity index (χ3v) is 5.78. The second kappa shape index (κ2) is 8.95. The van der Waals surface area contributed by atoms with Crippen LogP contribution < -0.4 is 0 Å². The van der Waals surface area contributed by atoms with E-state index in [0.29, 0.717) is 17.8 Å². The summed E-state index contributed by atoms with van der Waals surface area (Å²) >= 11 is 7.64. The minimum atomic E-state index is 0.236. The van der Waals surface area contributed by atoms with Gasteiger partial charge in [0.2, 0.25) is 5.91 Å². The zero-order valence-electron chi connectivity index (χ0n) is 14.3. The Balaban J connectivity index is 1.73. The molecule has 1 saturated heterocycles. The number of amides is 1. The van der Waals surface area contributed by atoms with Crippen LogP contribution in [0.1, 0.15) is 32.3 Å². The van der Waals surface area contributed by atoms with E-state index in [9.17, 15) is 4.79 Å². The molecule has 1 aliphatic heterocycles. The van der Waals surface area contributed by atoms with Crippen LogP contribution in [0.4, 0.5) is 0 Å². The first-order valence-electron chi connectivity index (χ1n) is 8.29. The number of hydrogen-bond donors (Lipinski definition) is 0. The van der Waals surface area contributed by atoms with E-state index in [1.165, 1.54) is 5.56 Å². The summed E-state index contributed by atoms with van der Waals surface area (Å²) in [5.41, 5.74) is 1.17. The summed E-state index contributed by atoms with van der Waals surface area (Å²) in [6.45, 7) is 6.66. The standard InChI is InChI=1S/C18H27ClN2OS/c1-14(2)21-9-7-17(8-10-21)20(3)18(22)13-23-12-15-5-4-6-16(19)11-15/h4-6,11,14,17H,7-10,12-13H2,1-3H3. The zero-order chi connectivity index (χ0) is 16.8. The molecule has 0 aromatic heterocycles. The average Bonchev–Trinajstić information content (AvgIpc) is 2.54. The Bertz CT molecular complexity index is 515. The van der Waals surface area contributed by atoms with Crippen molar-refractivity contribution in [3.63, 3.8) is 0 Å². The molecule has 2 rings (SSSR count). The monoisotopic (exact) mass is 354 g/mol. The lowest BCUT2D eigenvalue weighted by molar-refractivity contribution is -0.130. The van der Waals surface area contributed by atoms with Gasteiger partial charge in [0, 0.05) is 43.0 Å². The first-order chi connectivity index (χ1) is 11.0. The maximum atomic E-state index is 12.4. The molecule has 128 valence electrons. The summed E-state index contributed by atoms with van der Waals surface area (Å²) in [6.07, 6.45) is 2.17. The normalized spacial score (nSPS) is 16.7. The summed E-state index contributed by atoms with van der Waals surface area (Å²) in [5.74, 6) is 1.60. The highest BCUT2D eigenvalue weighted by molar-refractivity contribution is 7.99. The molecule has 0 unspecified atom stereocenters. The second-order valence-electron chi connectivity index (χ2n) is 6.49. The Hall–Kier alpha value is -0.710. The van der Waals surface area contributed by atoms with Gasteiger partial charge >= 0.3 is 0 Å². The second-order valence-corrected chi connectivity index (χ2v) is 7.91. The Morgan fingerprint density at radius 1 is 1.39 bits per heavy atom. The first-order valence-corrected chi connectivity index (χ1v) is 9.82. The molecule has 0 aliphatic carbocycles. The number of hydrogen-bond acceptors (Lipinski definition) is 3. The maximum absolute atomic E-state index is 12.4. The molecule has 1 amide bonds. The van der Waals surface area contributed by atoms with Crippen molar-refractivity contribution in [2.45, 2.75) is 44.5 Å². The molecule has 0 N–H and O–H groups in total. The van der Waals surface area contributed by atoms with E-state index in [1.807, 2.05) is 30.1 Å². The highest BCUT2D eigenvalue weighted by Gasteiger charge is 2.26. The lowest BCUT2D eigenvalue weighted by atomic mass is 10.0. The van der Waals surface area contributed by atoms with Gasteiger partial charge in [-0.15, -0.1) is 11.8 Å². The van der Waals surface area contributed by atoms with Gasteiger partial charge in [0.05, 0.1) is 5.75 Å². The molecule has 3 nitrogen and oxygen atoms in total. The number of rotatable bonds is 6. The third kappa shape index (κ3) is 5.70. The van der Waals surface area contributed by atoms with Crippen LogP contribution >= 0.6 is 23.4 Å². The Morgan fingerprint density at radius 3 is 2.70 bits per heavy atom. The van der Waals surface area contributed by atoms with Crippen molar-refractivity contribution >= 4 is 29.3 Å². The van der Waals surface area contributed by atoms with Crippen LogP contribution in [0.5, 0.6) is 0 Å². The van der Waals surface area contributed by atoms with Crippen LogP contribution in [0.2, 0.25) is 5.02 Å². The molecule has 0 spiro atoms. The fourth-order valence-electron chi connectivity index (χ4n) is 2.98. The van der Waals surface area contributed by atoms with E-state index in [1.54, 1.807) is 11.8 Å². The molecule has 1 aromatic carbocycles. The molecule has 23 heavy (non-hydrogen) atoms. The van der Waals surface area contributed by atoms with Crippen LogP contribution in [0.15, 0.2) is 24.3 Å². The first kappa shape index (κ1) is 18.6. The summed E-state index contributed by atoms with van der Waals surface area (Å²) in [5, 5.41) is 0.753. The highest BCUT2D eigenvalue weighted by Crippen LogP contribution is 2.20. The lowest BCUT2D eigenvalue weighted by Gasteiger charge is -2.38. The number of piperidine rings is 1. The van der Waals surface area contributed by atoms with Crippen molar-refractivity contribution in [3.05, 3.63) is 34.9 Å². The van der Waals surface area contributed by atoms with E-state index in [0.717, 1.165) is 36.7 Å². The number of nitrogens with zero attached hydrogens (tertiary/aromatic N) is 2. The minimum absolute atomic E-state index is 0.236. The van der Waals surface area contributed by atoms with Gasteiger partial charge in [-0.05, 0) is 44.4 Å². The van der Waals surface area contributed by atoms with E-state index in [-0.39, 0.29) is 5.91 Å². The number of likely N-dealkylation sites (tertiary alicyclic amines) is 1. The van der Waals surface area contributed by atoms with Crippen molar-refractivity contribution in [1.29, 1.82) is 0 Å². The SMILES string of the molecule is CC(C)N1CCC(N(C)C(=O)CSCc2cccc(Cl)c2)CC1. The van der Waals surface area contributed by atoms with Gasteiger partial charge in [-0.1, -0.05) is 23.7 Å². The summed E-state index contributed by atoms with van der Waals surface area (Å²) < 4.78 is 0. The summed E-state index contributed by atoms with van der Waals surface area (Å²) in [6, 6.07) is 8.83. The van der Waals surface area contributed by atoms with Crippen LogP contribution in [0.25, 0.3) is 0 Å². The van der Waals surface area contributed by atoms with Crippen molar-refractivity contribution in [1.82, 2.24) is 9.80 Å². The van der Waals surface area contributed by atoms with E-state index in [2.05, 4.69) is 24.8 Å². The largest absolute Gasteiger partial charge is 0.342 e. The molecule has 0 atom stereocenters. The number of halogens is 1. The van der Waals surface area contributed by atoms with Gasteiger partial charge in [-0.25, -0.2) is 0 Å². The fraction of sp³-hybridized carbons (Fsp3) is 0.611. The lowest BCUT2D eigenvalue weighted by Crippen LogP contribution is -2.47. The molecule has 0 saturated carbocycles. The van der Waals surface area contributed by atoms with Gasteiger partial charge in [0.25, 0.3) is 0 Å². The molecule has 0 radical (unpaired) electrons. The number of carbonyl (C=O) groups excluding carboxylic acids is 1. The molecule has 1 aliphatic rings. The quantitative estimate of drug-likeness (QED) is 0.774. The zero-order valence-corrected chi connectivity index (χ0v) is 15.9. The predicted molar refractivity (Wildman–Crippen MR) is 100 cm³/mol. The average molecular weight is 355 g/mol. The molecular weight excluding hydrogens is 328 g/mol. The van der Waals surface area contributed by atoms with Gasteiger partial charge < -0.3 is 9.80 Å². The van der Waals surface area contributed by atoms with Crippen LogP contribution in [0.3, 0.4) is 0 Å². The van der Waals surface area contributed by atoms with E-state index in [4.69, 9.17) is 11.6 Å². The highest BCUT2D eigenvalue weighted by atomic mass is 35.5. The van der Waals surface area contributed by atoms with Crippen molar-refractivity contribution in [2.75, 3.05) is 25.9 Å². The Labute approximate surface area is 149 Å². The number of thioether (sulfide) groups is 1. The maximum Gasteiger partial charge on any atom is 0.232 e. The molecular formula is C18H27ClN2OS. The molecule has 1 fully saturated rings. The smallest absolute Gasteiger partial charge is 0.232 e. The fourth-order valence-corrected chi connectivity index (χ4v) is 4.09. The molecule has 1 aromatic rings. The van der Waals surface area contributed by atoms with Crippen LogP contribution in [-0.4, -0.2) is 53.7 Å². The minimum Gasteiger partial charge on any atom is -0.342 e. The number of benzene rings is 1. The predicted octanol–water partition coefficient (Wildman–Crippen LogP) is 3.90. The number of carbonyl (C=O) groups is 1. The summed E-state index contributed by atoms with van der Waals surface area (Å²) in [7, 11) is 1.96. The van der Waals surface area contributed by atoms with Crippen molar-refractivity contribution < 1.29 is 4.79 Å². The molecule has 0 bridgehead atoms. The Kier molecular flexibility index (Phi) is 7.25. The summed E-state index contributed by atoms with van der Waals surface area (Å²) in [4.78, 5) is 16.8. The molecule has 1 heterocycles. The van der Waals surface area contributed by atoms with E-state index < -0.39 is 0 Å². The van der Waals surface area contributed by atoms with Gasteiger partial charge in [-0.3, -0.25) is 4.79 Å². The van der Waals surface area contributed by atoms with Crippen LogP contribution in [-0.2, 0) is 10.5 Å². The third-order valence-electron chi connectivity index (χ3n) is 4.55. The Morgan fingerprint density at radius 2 is 2.09 bits per heavy atom. The topological polar surface area (TPSA) is 23.6 Å². The van der Waals surface area contributed by atoms with Gasteiger partial charge in [-0.2, -0.15) is 0 Å². The van der Waals surface area contributed by atoms with Crippen molar-refractivity contribution in [2.24, 2.45) is 0 Å². The van der Waals surface area contributed by atoms with Crippen molar-refractivity contribution in [3.8, 4) is 0 Å². The van der Waals surface area contributed by atoms with Gasteiger partial charge in [0.1, 0.15) is 0 Å².